The van der Waals surface area contributed by atoms with Crippen molar-refractivity contribution < 1.29 is 19.4 Å². The van der Waals surface area contributed by atoms with Crippen LogP contribution in [-0.2, 0) is 19.4 Å². The molecule has 30 heavy (non-hydrogen) atoms. The molecule has 3 saturated heterocycles. The summed E-state index contributed by atoms with van der Waals surface area (Å²) in [4.78, 5) is 38.4. The largest absolute Gasteiger partial charge is 0.353 e. The Morgan fingerprint density at radius 3 is 2.70 bits per heavy atom. The number of amides is 2. The number of fused-ring (bicyclic) bond motifs is 1. The minimum atomic E-state index is -0.219. The molecule has 2 N–H and O–H groups in total. The number of likely N-dealkylation sites (tertiary alicyclic amines) is 1. The monoisotopic (exact) mass is 421 g/mol. The standard InChI is InChI=1S/C23H39N3O4/c1-13-5-6-17(25-22(27)18-7-8-29-30-15(18)3)11-19(13)20-10-16-12-24-14(2)9-21(16)26(4)23(20)28/h13-21,24H,5-12H2,1-4H3,(H,25,27). The Labute approximate surface area is 180 Å². The van der Waals surface area contributed by atoms with Gasteiger partial charge in [0.15, 0.2) is 0 Å². The molecule has 4 fully saturated rings. The molecule has 4 aliphatic rings. The number of nitrogens with zero attached hydrogens (tertiary/aromatic N) is 1. The van der Waals surface area contributed by atoms with Crippen molar-refractivity contribution in [3.8, 4) is 0 Å². The SMILES string of the molecule is CC1CC2C(CN1)CC(C1CC(NC(=O)C3CCOOC3C)CCC1C)C(=O)N2C. The third-order valence-corrected chi connectivity index (χ3v) is 8.34. The van der Waals surface area contributed by atoms with Crippen LogP contribution in [0.4, 0.5) is 0 Å². The van der Waals surface area contributed by atoms with Gasteiger partial charge in [-0.2, -0.15) is 0 Å². The second kappa shape index (κ2) is 9.13. The van der Waals surface area contributed by atoms with Crippen LogP contribution in [0.25, 0.3) is 0 Å². The second-order valence-electron chi connectivity index (χ2n) is 10.3. The van der Waals surface area contributed by atoms with Gasteiger partial charge in [0.1, 0.15) is 6.10 Å². The number of hydrogen-bond acceptors (Lipinski definition) is 5. The third-order valence-electron chi connectivity index (χ3n) is 8.34. The van der Waals surface area contributed by atoms with Gasteiger partial charge >= 0.3 is 0 Å². The van der Waals surface area contributed by atoms with Gasteiger partial charge in [-0.25, -0.2) is 9.78 Å². The van der Waals surface area contributed by atoms with Gasteiger partial charge in [0.05, 0.1) is 12.5 Å². The van der Waals surface area contributed by atoms with Crippen LogP contribution in [0.1, 0.15) is 59.3 Å². The summed E-state index contributed by atoms with van der Waals surface area (Å²) >= 11 is 0. The van der Waals surface area contributed by atoms with Gasteiger partial charge in [0, 0.05) is 37.6 Å². The highest BCUT2D eigenvalue weighted by atomic mass is 17.2. The number of nitrogens with one attached hydrogen (secondary N) is 2. The molecular formula is C23H39N3O4. The van der Waals surface area contributed by atoms with Gasteiger partial charge in [-0.05, 0) is 70.1 Å². The van der Waals surface area contributed by atoms with Gasteiger partial charge in [-0.3, -0.25) is 9.59 Å². The molecule has 1 aliphatic carbocycles. The lowest BCUT2D eigenvalue weighted by Crippen LogP contribution is -2.60. The highest BCUT2D eigenvalue weighted by Crippen LogP contribution is 2.43. The van der Waals surface area contributed by atoms with Crippen molar-refractivity contribution in [3.05, 3.63) is 0 Å². The second-order valence-corrected chi connectivity index (χ2v) is 10.3. The molecular weight excluding hydrogens is 382 g/mol. The minimum absolute atomic E-state index is 0.0710. The molecule has 7 heteroatoms. The lowest BCUT2D eigenvalue weighted by Gasteiger charge is -2.50. The van der Waals surface area contributed by atoms with Crippen molar-refractivity contribution >= 4 is 11.8 Å². The molecule has 3 aliphatic heterocycles. The van der Waals surface area contributed by atoms with Crippen LogP contribution in [0.15, 0.2) is 0 Å². The highest BCUT2D eigenvalue weighted by Gasteiger charge is 2.47. The number of piperidine rings is 2. The summed E-state index contributed by atoms with van der Waals surface area (Å²) in [6, 6.07) is 0.992. The van der Waals surface area contributed by atoms with Crippen LogP contribution in [0.2, 0.25) is 0 Å². The Morgan fingerprint density at radius 1 is 1.13 bits per heavy atom. The van der Waals surface area contributed by atoms with E-state index in [1.165, 1.54) is 0 Å². The molecule has 9 atom stereocenters. The number of carbonyl (C=O) groups excluding carboxylic acids is 2. The summed E-state index contributed by atoms with van der Waals surface area (Å²) in [5.41, 5.74) is 0. The fraction of sp³-hybridized carbons (Fsp3) is 0.913. The molecule has 0 bridgehead atoms. The maximum absolute atomic E-state index is 13.3. The van der Waals surface area contributed by atoms with E-state index < -0.39 is 0 Å². The van der Waals surface area contributed by atoms with Crippen molar-refractivity contribution in [1.29, 1.82) is 0 Å². The third kappa shape index (κ3) is 4.39. The maximum Gasteiger partial charge on any atom is 0.226 e. The van der Waals surface area contributed by atoms with Gasteiger partial charge in [0.25, 0.3) is 0 Å². The van der Waals surface area contributed by atoms with Gasteiger partial charge in [-0.15, -0.1) is 0 Å². The van der Waals surface area contributed by atoms with Crippen molar-refractivity contribution in [2.45, 2.75) is 83.5 Å². The fourth-order valence-corrected chi connectivity index (χ4v) is 6.38. The molecule has 0 spiro atoms. The van der Waals surface area contributed by atoms with Crippen molar-refractivity contribution in [2.24, 2.45) is 29.6 Å². The minimum Gasteiger partial charge on any atom is -0.353 e. The summed E-state index contributed by atoms with van der Waals surface area (Å²) in [6.45, 7) is 7.86. The number of rotatable bonds is 3. The van der Waals surface area contributed by atoms with Crippen LogP contribution in [0, 0.1) is 29.6 Å². The lowest BCUT2D eigenvalue weighted by molar-refractivity contribution is -0.350. The summed E-state index contributed by atoms with van der Waals surface area (Å²) in [5, 5.41) is 6.89. The molecule has 0 radical (unpaired) electrons. The maximum atomic E-state index is 13.3. The first-order valence-corrected chi connectivity index (χ1v) is 11.9. The fourth-order valence-electron chi connectivity index (χ4n) is 6.38. The molecule has 0 aromatic rings. The number of carbonyl (C=O) groups is 2. The van der Waals surface area contributed by atoms with E-state index in [9.17, 15) is 9.59 Å². The zero-order valence-electron chi connectivity index (χ0n) is 18.9. The van der Waals surface area contributed by atoms with Crippen molar-refractivity contribution in [1.82, 2.24) is 15.5 Å². The van der Waals surface area contributed by atoms with E-state index in [2.05, 4.69) is 24.5 Å². The zero-order chi connectivity index (χ0) is 21.4. The van der Waals surface area contributed by atoms with E-state index in [1.54, 1.807) is 0 Å². The normalized spacial score (nSPS) is 45.0. The number of hydrogen-bond donors (Lipinski definition) is 2. The van der Waals surface area contributed by atoms with E-state index in [0.29, 0.717) is 48.8 Å². The van der Waals surface area contributed by atoms with Crippen molar-refractivity contribution in [3.63, 3.8) is 0 Å². The zero-order valence-corrected chi connectivity index (χ0v) is 18.9. The van der Waals surface area contributed by atoms with Crippen molar-refractivity contribution in [2.75, 3.05) is 20.2 Å². The summed E-state index contributed by atoms with van der Waals surface area (Å²) in [6.07, 6.45) is 5.45. The first-order valence-electron chi connectivity index (χ1n) is 11.9. The Morgan fingerprint density at radius 2 is 1.93 bits per heavy atom. The predicted molar refractivity (Wildman–Crippen MR) is 113 cm³/mol. The smallest absolute Gasteiger partial charge is 0.226 e. The van der Waals surface area contributed by atoms with Gasteiger partial charge in [-0.1, -0.05) is 6.92 Å². The molecule has 7 nitrogen and oxygen atoms in total. The summed E-state index contributed by atoms with van der Waals surface area (Å²) in [5.74, 6) is 1.70. The molecule has 1 saturated carbocycles. The van der Waals surface area contributed by atoms with Crippen LogP contribution in [0.5, 0.6) is 0 Å². The summed E-state index contributed by atoms with van der Waals surface area (Å²) < 4.78 is 0. The quantitative estimate of drug-likeness (QED) is 0.683. The molecule has 0 aromatic heterocycles. The van der Waals surface area contributed by atoms with Crippen LogP contribution >= 0.6 is 0 Å². The molecule has 0 aromatic carbocycles. The van der Waals surface area contributed by atoms with Crippen LogP contribution < -0.4 is 10.6 Å². The van der Waals surface area contributed by atoms with Gasteiger partial charge in [0.2, 0.25) is 11.8 Å². The van der Waals surface area contributed by atoms with Crippen LogP contribution in [0.3, 0.4) is 0 Å². The Balaban J connectivity index is 1.40. The van der Waals surface area contributed by atoms with E-state index in [1.807, 2.05) is 18.9 Å². The molecule has 4 rings (SSSR count). The first-order chi connectivity index (χ1) is 14.3. The first kappa shape index (κ1) is 22.0. The Kier molecular flexibility index (Phi) is 6.70. The molecule has 2 amide bonds. The van der Waals surface area contributed by atoms with E-state index in [0.717, 1.165) is 38.6 Å². The average Bonchev–Trinajstić information content (AvgIpc) is 2.73. The van der Waals surface area contributed by atoms with E-state index >= 15 is 0 Å². The van der Waals surface area contributed by atoms with E-state index in [-0.39, 0.29) is 29.9 Å². The van der Waals surface area contributed by atoms with Crippen LogP contribution in [-0.4, -0.2) is 61.1 Å². The van der Waals surface area contributed by atoms with E-state index in [4.69, 9.17) is 9.78 Å². The lowest BCUT2D eigenvalue weighted by atomic mass is 9.65. The highest BCUT2D eigenvalue weighted by molar-refractivity contribution is 5.81. The molecule has 9 unspecified atom stereocenters. The summed E-state index contributed by atoms with van der Waals surface area (Å²) in [7, 11) is 2.00. The predicted octanol–water partition coefficient (Wildman–Crippen LogP) is 2.11. The average molecular weight is 422 g/mol. The Hall–Kier alpha value is -1.18. The molecule has 3 heterocycles. The van der Waals surface area contributed by atoms with Gasteiger partial charge < -0.3 is 15.5 Å². The Bertz CT molecular complexity index is 644. The molecule has 170 valence electrons. The topological polar surface area (TPSA) is 79.9 Å².